The van der Waals surface area contributed by atoms with E-state index in [-0.39, 0.29) is 30.4 Å². The van der Waals surface area contributed by atoms with Crippen LogP contribution in [-0.2, 0) is 16.1 Å². The molecule has 9 nitrogen and oxygen atoms in total. The van der Waals surface area contributed by atoms with Crippen LogP contribution in [0.2, 0.25) is 0 Å². The summed E-state index contributed by atoms with van der Waals surface area (Å²) in [5, 5.41) is 21.6. The Bertz CT molecular complexity index is 1660. The molecular formula is C30H27N5O4S2. The Hall–Kier alpha value is -3.74. The van der Waals surface area contributed by atoms with Crippen molar-refractivity contribution in [3.63, 3.8) is 0 Å². The average molecular weight is 586 g/mol. The monoisotopic (exact) mass is 585 g/mol. The van der Waals surface area contributed by atoms with Crippen molar-refractivity contribution in [2.45, 2.75) is 42.8 Å². The summed E-state index contributed by atoms with van der Waals surface area (Å²) in [4.78, 5) is 21.8. The van der Waals surface area contributed by atoms with Crippen LogP contribution < -0.4 is 5.32 Å². The quantitative estimate of drug-likeness (QED) is 0.215. The third-order valence-electron chi connectivity index (χ3n) is 6.61. The summed E-state index contributed by atoms with van der Waals surface area (Å²) in [6.07, 6.45) is 1.16. The van der Waals surface area contributed by atoms with Gasteiger partial charge >= 0.3 is 0 Å². The van der Waals surface area contributed by atoms with Crippen LogP contribution in [0.15, 0.2) is 83.3 Å². The number of amides is 1. The molecule has 0 radical (unpaired) electrons. The Morgan fingerprint density at radius 3 is 2.63 bits per heavy atom. The number of nitrogens with zero attached hydrogens (tertiary/aromatic N) is 4. The maximum Gasteiger partial charge on any atom is 0.275 e. The lowest BCUT2D eigenvalue weighted by molar-refractivity contribution is -0.245. The number of para-hydroxylation sites is 2. The SMILES string of the molecule is Cc1nnc(SCC2CC(c3ccc(CO)cc3)OC(c3cccc(NC(=O)c4cnc5ccccc5n4)c3)O2)s1. The zero-order valence-electron chi connectivity index (χ0n) is 22.1. The maximum absolute atomic E-state index is 13.0. The number of carbonyl (C=O) groups excluding carboxylic acids is 1. The zero-order chi connectivity index (χ0) is 28.2. The van der Waals surface area contributed by atoms with Gasteiger partial charge in [0, 0.05) is 23.4 Å². The third kappa shape index (κ3) is 6.61. The molecule has 208 valence electrons. The molecule has 1 amide bonds. The number of nitrogens with one attached hydrogen (secondary N) is 1. The summed E-state index contributed by atoms with van der Waals surface area (Å²) in [6, 6.07) is 22.7. The van der Waals surface area contributed by atoms with E-state index in [2.05, 4.69) is 25.5 Å². The molecule has 1 aliphatic heterocycles. The van der Waals surface area contributed by atoms with Crippen LogP contribution in [0.3, 0.4) is 0 Å². The molecule has 3 atom stereocenters. The second-order valence-corrected chi connectivity index (χ2v) is 12.0. The first-order valence-corrected chi connectivity index (χ1v) is 14.9. The molecular weight excluding hydrogens is 558 g/mol. The van der Waals surface area contributed by atoms with Gasteiger partial charge in [0.25, 0.3) is 5.91 Å². The topological polar surface area (TPSA) is 119 Å². The van der Waals surface area contributed by atoms with Gasteiger partial charge < -0.3 is 19.9 Å². The lowest BCUT2D eigenvalue weighted by Gasteiger charge is -2.36. The summed E-state index contributed by atoms with van der Waals surface area (Å²) in [6.45, 7) is 1.93. The predicted molar refractivity (Wildman–Crippen MR) is 158 cm³/mol. The van der Waals surface area contributed by atoms with Gasteiger partial charge in [0.15, 0.2) is 10.6 Å². The molecule has 1 fully saturated rings. The van der Waals surface area contributed by atoms with E-state index in [1.165, 1.54) is 6.20 Å². The number of aromatic nitrogens is 4. The summed E-state index contributed by atoms with van der Waals surface area (Å²) < 4.78 is 13.8. The van der Waals surface area contributed by atoms with Gasteiger partial charge in [0.1, 0.15) is 10.7 Å². The number of benzene rings is 3. The first-order chi connectivity index (χ1) is 20.0. The maximum atomic E-state index is 13.0. The molecule has 2 aromatic heterocycles. The molecule has 0 aliphatic carbocycles. The molecule has 6 rings (SSSR count). The molecule has 0 saturated carbocycles. The van der Waals surface area contributed by atoms with E-state index < -0.39 is 6.29 Å². The van der Waals surface area contributed by atoms with E-state index in [1.54, 1.807) is 23.1 Å². The highest BCUT2D eigenvalue weighted by Gasteiger charge is 2.32. The molecule has 41 heavy (non-hydrogen) atoms. The molecule has 0 spiro atoms. The van der Waals surface area contributed by atoms with Crippen LogP contribution in [0, 0.1) is 6.92 Å². The number of thioether (sulfide) groups is 1. The molecule has 5 aromatic rings. The minimum Gasteiger partial charge on any atom is -0.392 e. The van der Waals surface area contributed by atoms with E-state index in [0.717, 1.165) is 31.6 Å². The predicted octanol–water partition coefficient (Wildman–Crippen LogP) is 5.87. The molecule has 1 saturated heterocycles. The van der Waals surface area contributed by atoms with Crippen LogP contribution in [-0.4, -0.2) is 43.0 Å². The standard InChI is InChI=1S/C30H27N5O4S2/c1-18-34-35-30(41-18)40-17-23-14-27(20-11-9-19(16-36)10-12-20)39-29(38-23)21-5-4-6-22(13-21)32-28(37)26-15-31-24-7-2-3-8-25(24)33-26/h2-13,15,23,27,29,36H,14,16-17H2,1H3,(H,32,37). The van der Waals surface area contributed by atoms with Gasteiger partial charge in [0.05, 0.1) is 36.0 Å². The van der Waals surface area contributed by atoms with Crippen molar-refractivity contribution in [1.82, 2.24) is 20.2 Å². The number of aliphatic hydroxyl groups excluding tert-OH is 1. The van der Waals surface area contributed by atoms with Crippen molar-refractivity contribution in [3.8, 4) is 0 Å². The molecule has 3 aromatic carbocycles. The number of fused-ring (bicyclic) bond motifs is 1. The van der Waals surface area contributed by atoms with Crippen molar-refractivity contribution < 1.29 is 19.4 Å². The normalized spacial score (nSPS) is 18.8. The molecule has 3 unspecified atom stereocenters. The highest BCUT2D eigenvalue weighted by atomic mass is 32.2. The molecule has 2 N–H and O–H groups in total. The van der Waals surface area contributed by atoms with Crippen LogP contribution in [0.25, 0.3) is 11.0 Å². The largest absolute Gasteiger partial charge is 0.392 e. The summed E-state index contributed by atoms with van der Waals surface area (Å²) in [5.74, 6) is 0.339. The van der Waals surface area contributed by atoms with Gasteiger partial charge in [-0.3, -0.25) is 9.78 Å². The number of hydrogen-bond acceptors (Lipinski definition) is 10. The van der Waals surface area contributed by atoms with Crippen molar-refractivity contribution in [1.29, 1.82) is 0 Å². The van der Waals surface area contributed by atoms with Gasteiger partial charge in [-0.2, -0.15) is 0 Å². The van der Waals surface area contributed by atoms with Crippen molar-refractivity contribution in [3.05, 3.63) is 106 Å². The first-order valence-electron chi connectivity index (χ1n) is 13.1. The Kier molecular flexibility index (Phi) is 8.31. The zero-order valence-corrected chi connectivity index (χ0v) is 23.8. The smallest absolute Gasteiger partial charge is 0.275 e. The fourth-order valence-electron chi connectivity index (χ4n) is 4.55. The molecule has 11 heteroatoms. The van der Waals surface area contributed by atoms with E-state index >= 15 is 0 Å². The van der Waals surface area contributed by atoms with E-state index in [4.69, 9.17) is 9.47 Å². The fraction of sp³-hybridized carbons (Fsp3) is 0.233. The molecule has 1 aliphatic rings. The van der Waals surface area contributed by atoms with Crippen LogP contribution >= 0.6 is 23.1 Å². The molecule has 3 heterocycles. The third-order valence-corrected chi connectivity index (χ3v) is 8.72. The first kappa shape index (κ1) is 27.4. The van der Waals surface area contributed by atoms with Crippen molar-refractivity contribution >= 4 is 45.7 Å². The second-order valence-electron chi connectivity index (χ2n) is 9.57. The highest BCUT2D eigenvalue weighted by molar-refractivity contribution is 8.01. The lowest BCUT2D eigenvalue weighted by atomic mass is 10.0. The van der Waals surface area contributed by atoms with Crippen molar-refractivity contribution in [2.24, 2.45) is 0 Å². The average Bonchev–Trinajstić information content (AvgIpc) is 3.44. The minimum atomic E-state index is -0.648. The Morgan fingerprint density at radius 1 is 1.02 bits per heavy atom. The van der Waals surface area contributed by atoms with Crippen LogP contribution in [0.1, 0.15) is 51.0 Å². The number of aryl methyl sites for hydroxylation is 1. The second kappa shape index (κ2) is 12.4. The number of rotatable bonds is 8. The van der Waals surface area contributed by atoms with E-state index in [1.807, 2.05) is 79.7 Å². The number of ether oxygens (including phenoxy) is 2. The lowest BCUT2D eigenvalue weighted by Crippen LogP contribution is -2.31. The summed E-state index contributed by atoms with van der Waals surface area (Å²) >= 11 is 3.18. The van der Waals surface area contributed by atoms with Gasteiger partial charge in [-0.05, 0) is 42.3 Å². The van der Waals surface area contributed by atoms with E-state index in [9.17, 15) is 9.90 Å². The summed E-state index contributed by atoms with van der Waals surface area (Å²) in [5.41, 5.74) is 4.85. The van der Waals surface area contributed by atoms with Gasteiger partial charge in [-0.15, -0.1) is 10.2 Å². The van der Waals surface area contributed by atoms with Crippen molar-refractivity contribution in [2.75, 3.05) is 11.1 Å². The Labute approximate surface area is 245 Å². The van der Waals surface area contributed by atoms with E-state index in [0.29, 0.717) is 23.4 Å². The molecule has 0 bridgehead atoms. The van der Waals surface area contributed by atoms with Gasteiger partial charge in [0.2, 0.25) is 0 Å². The van der Waals surface area contributed by atoms with Crippen LogP contribution in [0.4, 0.5) is 5.69 Å². The van der Waals surface area contributed by atoms with Crippen LogP contribution in [0.5, 0.6) is 0 Å². The number of aliphatic hydroxyl groups is 1. The Morgan fingerprint density at radius 2 is 1.85 bits per heavy atom. The minimum absolute atomic E-state index is 0.0125. The number of carbonyl (C=O) groups is 1. The van der Waals surface area contributed by atoms with Gasteiger partial charge in [-0.25, -0.2) is 4.98 Å². The highest BCUT2D eigenvalue weighted by Crippen LogP contribution is 2.40. The number of anilines is 1. The Balaban J connectivity index is 1.21. The number of hydrogen-bond donors (Lipinski definition) is 2. The summed E-state index contributed by atoms with van der Waals surface area (Å²) in [7, 11) is 0. The van der Waals surface area contributed by atoms with Gasteiger partial charge in [-0.1, -0.05) is 71.6 Å². The fourth-order valence-corrected chi connectivity index (χ4v) is 6.41.